The number of aliphatic hydroxyl groups is 1. The van der Waals surface area contributed by atoms with Crippen LogP contribution in [-0.2, 0) is 4.79 Å². The zero-order valence-electron chi connectivity index (χ0n) is 7.93. The van der Waals surface area contributed by atoms with E-state index < -0.39 is 5.91 Å². The van der Waals surface area contributed by atoms with E-state index in [1.165, 1.54) is 17.4 Å². The summed E-state index contributed by atoms with van der Waals surface area (Å²) in [6, 6.07) is 5.49. The third-order valence-corrected chi connectivity index (χ3v) is 2.41. The molecule has 0 aliphatic heterocycles. The van der Waals surface area contributed by atoms with Crippen molar-refractivity contribution in [3.63, 3.8) is 0 Å². The lowest BCUT2D eigenvalue weighted by Gasteiger charge is -2.00. The normalized spacial score (nSPS) is 10.8. The second-order valence-electron chi connectivity index (χ2n) is 2.66. The molecule has 0 unspecified atom stereocenters. The van der Waals surface area contributed by atoms with Gasteiger partial charge in [-0.2, -0.15) is 5.26 Å². The molecule has 1 rings (SSSR count). The van der Waals surface area contributed by atoms with Crippen molar-refractivity contribution >= 4 is 23.3 Å². The smallest absolute Gasteiger partial charge is 0.262 e. The van der Waals surface area contributed by atoms with Crippen LogP contribution in [-0.4, -0.2) is 24.2 Å². The number of amides is 1. The minimum Gasteiger partial charge on any atom is -0.395 e. The molecule has 5 heteroatoms. The molecule has 1 aromatic rings. The van der Waals surface area contributed by atoms with Crippen molar-refractivity contribution in [1.82, 2.24) is 5.32 Å². The highest BCUT2D eigenvalue weighted by Crippen LogP contribution is 2.12. The van der Waals surface area contributed by atoms with Gasteiger partial charge in [0.1, 0.15) is 11.6 Å². The molecule has 78 valence electrons. The molecule has 1 aromatic heterocycles. The Morgan fingerprint density at radius 1 is 1.73 bits per heavy atom. The molecule has 0 aromatic carbocycles. The van der Waals surface area contributed by atoms with Gasteiger partial charge in [0.05, 0.1) is 6.61 Å². The largest absolute Gasteiger partial charge is 0.395 e. The lowest BCUT2D eigenvalue weighted by atomic mass is 10.2. The fraction of sp³-hybridized carbons (Fsp3) is 0.200. The lowest BCUT2D eigenvalue weighted by Crippen LogP contribution is -2.27. The average molecular weight is 222 g/mol. The van der Waals surface area contributed by atoms with Crippen molar-refractivity contribution in [3.05, 3.63) is 28.0 Å². The van der Waals surface area contributed by atoms with E-state index in [0.717, 1.165) is 4.88 Å². The van der Waals surface area contributed by atoms with Crippen molar-refractivity contribution < 1.29 is 9.90 Å². The van der Waals surface area contributed by atoms with Gasteiger partial charge in [-0.25, -0.2) is 0 Å². The molecule has 0 aliphatic rings. The Morgan fingerprint density at radius 2 is 2.53 bits per heavy atom. The van der Waals surface area contributed by atoms with Crippen LogP contribution in [0.4, 0.5) is 0 Å². The summed E-state index contributed by atoms with van der Waals surface area (Å²) in [5.41, 5.74) is 0.0471. The Kier molecular flexibility index (Phi) is 4.54. The maximum atomic E-state index is 11.4. The summed E-state index contributed by atoms with van der Waals surface area (Å²) in [6.45, 7) is 0.0196. The number of carbonyl (C=O) groups is 1. The summed E-state index contributed by atoms with van der Waals surface area (Å²) < 4.78 is 0. The van der Waals surface area contributed by atoms with E-state index in [4.69, 9.17) is 10.4 Å². The van der Waals surface area contributed by atoms with Crippen molar-refractivity contribution in [3.8, 4) is 6.07 Å². The van der Waals surface area contributed by atoms with Gasteiger partial charge < -0.3 is 10.4 Å². The van der Waals surface area contributed by atoms with Gasteiger partial charge in [0.15, 0.2) is 0 Å². The van der Waals surface area contributed by atoms with Crippen LogP contribution in [0.1, 0.15) is 4.88 Å². The highest BCUT2D eigenvalue weighted by atomic mass is 32.1. The minimum atomic E-state index is -0.458. The van der Waals surface area contributed by atoms with Crippen LogP contribution in [0.25, 0.3) is 6.08 Å². The molecular formula is C10H10N2O2S. The van der Waals surface area contributed by atoms with E-state index in [1.54, 1.807) is 0 Å². The van der Waals surface area contributed by atoms with Gasteiger partial charge >= 0.3 is 0 Å². The zero-order chi connectivity index (χ0) is 11.1. The average Bonchev–Trinajstić information content (AvgIpc) is 2.75. The van der Waals surface area contributed by atoms with Gasteiger partial charge in [-0.3, -0.25) is 4.79 Å². The molecule has 0 spiro atoms. The Labute approximate surface area is 91.5 Å². The molecule has 1 amide bonds. The molecule has 0 fully saturated rings. The number of carbonyl (C=O) groups excluding carboxylic acids is 1. The predicted octanol–water partition coefficient (Wildman–Crippen LogP) is 0.764. The summed E-state index contributed by atoms with van der Waals surface area (Å²) in [6.07, 6.45) is 1.53. The molecule has 0 radical (unpaired) electrons. The number of aliphatic hydroxyl groups excluding tert-OH is 1. The standard InChI is InChI=1S/C10H10N2O2S/c11-7-8(10(14)12-3-4-13)6-9-2-1-5-15-9/h1-2,5-6,13H,3-4H2,(H,12,14)/b8-6+. The van der Waals surface area contributed by atoms with Crippen molar-refractivity contribution in [2.45, 2.75) is 0 Å². The Morgan fingerprint density at radius 3 is 3.07 bits per heavy atom. The van der Waals surface area contributed by atoms with Gasteiger partial charge in [-0.05, 0) is 17.5 Å². The van der Waals surface area contributed by atoms with Crippen LogP contribution in [0, 0.1) is 11.3 Å². The first-order valence-electron chi connectivity index (χ1n) is 4.32. The fourth-order valence-electron chi connectivity index (χ4n) is 0.929. The van der Waals surface area contributed by atoms with Crippen molar-refractivity contribution in [2.75, 3.05) is 13.2 Å². The van der Waals surface area contributed by atoms with E-state index >= 15 is 0 Å². The number of nitrogens with zero attached hydrogens (tertiary/aromatic N) is 1. The molecule has 15 heavy (non-hydrogen) atoms. The van der Waals surface area contributed by atoms with E-state index in [1.807, 2.05) is 23.6 Å². The number of rotatable bonds is 4. The maximum absolute atomic E-state index is 11.4. The Hall–Kier alpha value is -1.64. The van der Waals surface area contributed by atoms with Gasteiger partial charge in [0.25, 0.3) is 5.91 Å². The third-order valence-electron chi connectivity index (χ3n) is 1.59. The zero-order valence-corrected chi connectivity index (χ0v) is 8.75. The molecule has 0 atom stereocenters. The topological polar surface area (TPSA) is 73.1 Å². The van der Waals surface area contributed by atoms with Crippen LogP contribution in [0.2, 0.25) is 0 Å². The van der Waals surface area contributed by atoms with E-state index in [9.17, 15) is 4.79 Å². The molecule has 0 saturated heterocycles. The maximum Gasteiger partial charge on any atom is 0.262 e. The van der Waals surface area contributed by atoms with Gasteiger partial charge in [0.2, 0.25) is 0 Å². The second-order valence-corrected chi connectivity index (χ2v) is 3.64. The summed E-state index contributed by atoms with van der Waals surface area (Å²) >= 11 is 1.45. The Bertz CT molecular complexity index is 390. The summed E-state index contributed by atoms with van der Waals surface area (Å²) in [5.74, 6) is -0.458. The summed E-state index contributed by atoms with van der Waals surface area (Å²) in [4.78, 5) is 12.2. The summed E-state index contributed by atoms with van der Waals surface area (Å²) in [5, 5.41) is 21.6. The third kappa shape index (κ3) is 3.54. The lowest BCUT2D eigenvalue weighted by molar-refractivity contribution is -0.117. The summed E-state index contributed by atoms with van der Waals surface area (Å²) in [7, 11) is 0. The SMILES string of the molecule is N#C/C(=C\c1cccs1)C(=O)NCCO. The second kappa shape index (κ2) is 5.96. The van der Waals surface area contributed by atoms with Gasteiger partial charge in [0, 0.05) is 11.4 Å². The molecule has 0 bridgehead atoms. The molecule has 4 nitrogen and oxygen atoms in total. The first kappa shape index (κ1) is 11.4. The van der Waals surface area contributed by atoms with E-state index in [2.05, 4.69) is 5.32 Å². The first-order valence-corrected chi connectivity index (χ1v) is 5.20. The number of nitriles is 1. The highest BCUT2D eigenvalue weighted by Gasteiger charge is 2.07. The van der Waals surface area contributed by atoms with Crippen LogP contribution >= 0.6 is 11.3 Å². The first-order chi connectivity index (χ1) is 7.27. The predicted molar refractivity (Wildman–Crippen MR) is 58.0 cm³/mol. The highest BCUT2D eigenvalue weighted by molar-refractivity contribution is 7.10. The number of nitrogens with one attached hydrogen (secondary N) is 1. The minimum absolute atomic E-state index is 0.0471. The molecular weight excluding hydrogens is 212 g/mol. The monoisotopic (exact) mass is 222 g/mol. The van der Waals surface area contributed by atoms with E-state index in [-0.39, 0.29) is 18.7 Å². The van der Waals surface area contributed by atoms with Crippen LogP contribution < -0.4 is 5.32 Å². The molecule has 0 saturated carbocycles. The number of thiophene rings is 1. The van der Waals surface area contributed by atoms with E-state index in [0.29, 0.717) is 0 Å². The van der Waals surface area contributed by atoms with Gasteiger partial charge in [-0.1, -0.05) is 6.07 Å². The molecule has 2 N–H and O–H groups in total. The number of hydrogen-bond acceptors (Lipinski definition) is 4. The number of hydrogen-bond donors (Lipinski definition) is 2. The van der Waals surface area contributed by atoms with Crippen molar-refractivity contribution in [2.24, 2.45) is 0 Å². The molecule has 1 heterocycles. The van der Waals surface area contributed by atoms with Crippen LogP contribution in [0.3, 0.4) is 0 Å². The molecule has 0 aliphatic carbocycles. The van der Waals surface area contributed by atoms with Gasteiger partial charge in [-0.15, -0.1) is 11.3 Å². The van der Waals surface area contributed by atoms with Crippen LogP contribution in [0.15, 0.2) is 23.1 Å². The Balaban J connectivity index is 2.72. The van der Waals surface area contributed by atoms with Crippen LogP contribution in [0.5, 0.6) is 0 Å². The van der Waals surface area contributed by atoms with Crippen molar-refractivity contribution in [1.29, 1.82) is 5.26 Å². The fourth-order valence-corrected chi connectivity index (χ4v) is 1.59. The quantitative estimate of drug-likeness (QED) is 0.583.